The smallest absolute Gasteiger partial charge is 0.229 e. The molecular weight excluding hydrogens is 354 g/mol. The van der Waals surface area contributed by atoms with Gasteiger partial charge in [-0.2, -0.15) is 0 Å². The van der Waals surface area contributed by atoms with E-state index in [1.54, 1.807) is 23.5 Å². The molecule has 2 N–H and O–H groups in total. The summed E-state index contributed by atoms with van der Waals surface area (Å²) in [5.74, 6) is 0. The normalized spacial score (nSPS) is 12.6. The van der Waals surface area contributed by atoms with Gasteiger partial charge >= 0.3 is 0 Å². The quantitative estimate of drug-likeness (QED) is 0.674. The molecule has 1 atom stereocenters. The number of benzene rings is 2. The maximum atomic E-state index is 11.2. The fourth-order valence-corrected chi connectivity index (χ4v) is 3.78. The molecule has 7 heteroatoms. The van der Waals surface area contributed by atoms with Crippen LogP contribution in [-0.4, -0.2) is 19.7 Å². The molecule has 0 amide bonds. The van der Waals surface area contributed by atoms with E-state index in [4.69, 9.17) is 0 Å². The average molecular weight is 374 g/mol. The van der Waals surface area contributed by atoms with Crippen molar-refractivity contribution < 1.29 is 8.42 Å². The number of thiazole rings is 1. The number of nitrogens with zero attached hydrogens (tertiary/aromatic N) is 1. The first kappa shape index (κ1) is 17.4. The predicted molar refractivity (Wildman–Crippen MR) is 104 cm³/mol. The third kappa shape index (κ3) is 4.80. The zero-order chi connectivity index (χ0) is 17.9. The van der Waals surface area contributed by atoms with Gasteiger partial charge in [-0.1, -0.05) is 42.5 Å². The molecule has 3 aromatic rings. The summed E-state index contributed by atoms with van der Waals surface area (Å²) in [5, 5.41) is 6.24. The Morgan fingerprint density at radius 1 is 1.04 bits per heavy atom. The lowest BCUT2D eigenvalue weighted by molar-refractivity contribution is 0.607. The van der Waals surface area contributed by atoms with Gasteiger partial charge in [0.25, 0.3) is 0 Å². The van der Waals surface area contributed by atoms with Crippen molar-refractivity contribution in [2.24, 2.45) is 0 Å². The van der Waals surface area contributed by atoms with Crippen molar-refractivity contribution in [3.05, 3.63) is 65.5 Å². The van der Waals surface area contributed by atoms with E-state index in [-0.39, 0.29) is 6.04 Å². The molecule has 5 nitrogen and oxygen atoms in total. The molecule has 0 aliphatic carbocycles. The SMILES string of the molecule is C[C@H](Nc1nc(-c2ccc(NS(C)(=O)=O)cc2)cs1)c1ccccc1. The Bertz CT molecular complexity index is 936. The lowest BCUT2D eigenvalue weighted by Crippen LogP contribution is -2.09. The highest BCUT2D eigenvalue weighted by molar-refractivity contribution is 7.92. The topological polar surface area (TPSA) is 71.1 Å². The van der Waals surface area contributed by atoms with Gasteiger partial charge in [-0.3, -0.25) is 4.72 Å². The van der Waals surface area contributed by atoms with Crippen LogP contribution in [0.5, 0.6) is 0 Å². The molecule has 0 saturated heterocycles. The van der Waals surface area contributed by atoms with E-state index in [0.717, 1.165) is 22.6 Å². The zero-order valence-corrected chi connectivity index (χ0v) is 15.6. The maximum absolute atomic E-state index is 11.2. The number of nitrogens with one attached hydrogen (secondary N) is 2. The molecule has 0 radical (unpaired) electrons. The minimum Gasteiger partial charge on any atom is -0.355 e. The van der Waals surface area contributed by atoms with Crippen molar-refractivity contribution >= 4 is 32.2 Å². The van der Waals surface area contributed by atoms with E-state index >= 15 is 0 Å². The van der Waals surface area contributed by atoms with Crippen LogP contribution in [-0.2, 0) is 10.0 Å². The Balaban J connectivity index is 1.71. The molecule has 3 rings (SSSR count). The van der Waals surface area contributed by atoms with Gasteiger partial charge in [-0.15, -0.1) is 11.3 Å². The van der Waals surface area contributed by atoms with Crippen LogP contribution >= 0.6 is 11.3 Å². The summed E-state index contributed by atoms with van der Waals surface area (Å²) in [6.07, 6.45) is 1.13. The van der Waals surface area contributed by atoms with E-state index in [1.165, 1.54) is 5.56 Å². The molecule has 0 saturated carbocycles. The lowest BCUT2D eigenvalue weighted by Gasteiger charge is -2.12. The number of anilines is 2. The molecule has 25 heavy (non-hydrogen) atoms. The molecule has 0 aliphatic heterocycles. The predicted octanol–water partition coefficient (Wildman–Crippen LogP) is 4.35. The van der Waals surface area contributed by atoms with E-state index in [0.29, 0.717) is 5.69 Å². The molecular formula is C18H19N3O2S2. The van der Waals surface area contributed by atoms with Crippen molar-refractivity contribution in [3.63, 3.8) is 0 Å². The average Bonchev–Trinajstić information content (AvgIpc) is 3.03. The molecule has 0 aliphatic rings. The minimum atomic E-state index is -3.26. The van der Waals surface area contributed by atoms with Gasteiger partial charge in [0, 0.05) is 16.6 Å². The van der Waals surface area contributed by atoms with Crippen LogP contribution < -0.4 is 10.0 Å². The van der Waals surface area contributed by atoms with Crippen LogP contribution in [0.3, 0.4) is 0 Å². The number of aromatic nitrogens is 1. The van der Waals surface area contributed by atoms with Crippen LogP contribution in [0.1, 0.15) is 18.5 Å². The highest BCUT2D eigenvalue weighted by Gasteiger charge is 2.09. The summed E-state index contributed by atoms with van der Waals surface area (Å²) in [7, 11) is -3.26. The third-order valence-electron chi connectivity index (χ3n) is 3.63. The van der Waals surface area contributed by atoms with Crippen molar-refractivity contribution in [2.45, 2.75) is 13.0 Å². The summed E-state index contributed by atoms with van der Waals surface area (Å²) in [6, 6.07) is 17.5. The van der Waals surface area contributed by atoms with Crippen LogP contribution in [0.4, 0.5) is 10.8 Å². The first-order chi connectivity index (χ1) is 11.9. The Hall–Kier alpha value is -2.38. The van der Waals surface area contributed by atoms with E-state index in [9.17, 15) is 8.42 Å². The Morgan fingerprint density at radius 3 is 2.36 bits per heavy atom. The molecule has 130 valence electrons. The molecule has 0 fully saturated rings. The Morgan fingerprint density at radius 2 is 1.72 bits per heavy atom. The molecule has 0 bridgehead atoms. The molecule has 1 aromatic heterocycles. The standard InChI is InChI=1S/C18H19N3O2S2/c1-13(14-6-4-3-5-7-14)19-18-20-17(12-24-18)15-8-10-16(11-9-15)21-25(2,22)23/h3-13,21H,1-2H3,(H,19,20)/t13-/m0/s1. The molecule has 1 heterocycles. The number of hydrogen-bond donors (Lipinski definition) is 2. The van der Waals surface area contributed by atoms with E-state index in [1.807, 2.05) is 35.7 Å². The van der Waals surface area contributed by atoms with Gasteiger partial charge in [-0.25, -0.2) is 13.4 Å². The summed E-state index contributed by atoms with van der Waals surface area (Å²) in [5.41, 5.74) is 3.54. The van der Waals surface area contributed by atoms with Crippen LogP contribution in [0.25, 0.3) is 11.3 Å². The number of hydrogen-bond acceptors (Lipinski definition) is 5. The summed E-state index contributed by atoms with van der Waals surface area (Å²) in [6.45, 7) is 2.10. The first-order valence-corrected chi connectivity index (χ1v) is 10.5. The van der Waals surface area contributed by atoms with E-state index in [2.05, 4.69) is 34.1 Å². The fourth-order valence-electron chi connectivity index (χ4n) is 2.41. The maximum Gasteiger partial charge on any atom is 0.229 e. The second-order valence-corrected chi connectivity index (χ2v) is 8.37. The van der Waals surface area contributed by atoms with Gasteiger partial charge in [0.1, 0.15) is 0 Å². The second kappa shape index (κ2) is 7.25. The third-order valence-corrected chi connectivity index (χ3v) is 5.01. The first-order valence-electron chi connectivity index (χ1n) is 7.76. The monoisotopic (exact) mass is 373 g/mol. The van der Waals surface area contributed by atoms with Crippen LogP contribution in [0.2, 0.25) is 0 Å². The van der Waals surface area contributed by atoms with Gasteiger partial charge in [-0.05, 0) is 24.6 Å². The second-order valence-electron chi connectivity index (χ2n) is 5.77. The largest absolute Gasteiger partial charge is 0.355 e. The van der Waals surface area contributed by atoms with Crippen LogP contribution in [0, 0.1) is 0 Å². The van der Waals surface area contributed by atoms with Gasteiger partial charge in [0.05, 0.1) is 18.0 Å². The van der Waals surface area contributed by atoms with Crippen molar-refractivity contribution in [2.75, 3.05) is 16.3 Å². The zero-order valence-electron chi connectivity index (χ0n) is 13.9. The Labute approximate surface area is 151 Å². The lowest BCUT2D eigenvalue weighted by atomic mass is 10.1. The number of rotatable bonds is 6. The van der Waals surface area contributed by atoms with Gasteiger partial charge in [0.2, 0.25) is 10.0 Å². The summed E-state index contributed by atoms with van der Waals surface area (Å²) in [4.78, 5) is 4.62. The van der Waals surface area contributed by atoms with Gasteiger partial charge < -0.3 is 5.32 Å². The van der Waals surface area contributed by atoms with Gasteiger partial charge in [0.15, 0.2) is 5.13 Å². The number of sulfonamides is 1. The Kier molecular flexibility index (Phi) is 5.06. The summed E-state index contributed by atoms with van der Waals surface area (Å²) >= 11 is 1.55. The minimum absolute atomic E-state index is 0.168. The molecule has 0 unspecified atom stereocenters. The molecule has 0 spiro atoms. The highest BCUT2D eigenvalue weighted by Crippen LogP contribution is 2.28. The van der Waals surface area contributed by atoms with Crippen molar-refractivity contribution in [1.82, 2.24) is 4.98 Å². The highest BCUT2D eigenvalue weighted by atomic mass is 32.2. The molecule has 2 aromatic carbocycles. The summed E-state index contributed by atoms with van der Waals surface area (Å²) < 4.78 is 24.9. The van der Waals surface area contributed by atoms with Crippen molar-refractivity contribution in [3.8, 4) is 11.3 Å². The van der Waals surface area contributed by atoms with Crippen molar-refractivity contribution in [1.29, 1.82) is 0 Å². The van der Waals surface area contributed by atoms with Crippen LogP contribution in [0.15, 0.2) is 60.0 Å². The van der Waals surface area contributed by atoms with E-state index < -0.39 is 10.0 Å². The fraction of sp³-hybridized carbons (Fsp3) is 0.167.